The van der Waals surface area contributed by atoms with Crippen molar-refractivity contribution in [3.63, 3.8) is 0 Å². The molecule has 2 heterocycles. The Bertz CT molecular complexity index is 1030. The van der Waals surface area contributed by atoms with Crippen LogP contribution in [0.15, 0.2) is 85.2 Å². The fourth-order valence-electron chi connectivity index (χ4n) is 2.81. The number of benzene rings is 2. The standard InChI is InChI=1S/C22H17N3O/c1-26-21-15-18(10-12-23-21)17-8-5-9-19(14-17)22-24-13-11-20(25-22)16-6-3-2-4-7-16/h2-15H,1H3. The predicted molar refractivity (Wildman–Crippen MR) is 103 cm³/mol. The summed E-state index contributed by atoms with van der Waals surface area (Å²) >= 11 is 0. The van der Waals surface area contributed by atoms with Crippen molar-refractivity contribution >= 4 is 0 Å². The zero-order valence-electron chi connectivity index (χ0n) is 14.3. The second-order valence-electron chi connectivity index (χ2n) is 5.80. The molecule has 0 amide bonds. The van der Waals surface area contributed by atoms with Crippen LogP contribution in [0.25, 0.3) is 33.8 Å². The van der Waals surface area contributed by atoms with E-state index in [1.165, 1.54) is 0 Å². The van der Waals surface area contributed by atoms with Gasteiger partial charge < -0.3 is 4.74 Å². The van der Waals surface area contributed by atoms with Crippen molar-refractivity contribution in [2.24, 2.45) is 0 Å². The summed E-state index contributed by atoms with van der Waals surface area (Å²) in [6.07, 6.45) is 3.54. The van der Waals surface area contributed by atoms with E-state index in [0.29, 0.717) is 11.7 Å². The zero-order valence-corrected chi connectivity index (χ0v) is 14.3. The van der Waals surface area contributed by atoms with Crippen molar-refractivity contribution in [1.29, 1.82) is 0 Å². The van der Waals surface area contributed by atoms with E-state index in [4.69, 9.17) is 9.72 Å². The van der Waals surface area contributed by atoms with Crippen LogP contribution >= 0.6 is 0 Å². The normalized spacial score (nSPS) is 10.5. The largest absolute Gasteiger partial charge is 0.481 e. The van der Waals surface area contributed by atoms with Gasteiger partial charge in [0.1, 0.15) is 0 Å². The molecule has 0 atom stereocenters. The molecule has 4 aromatic rings. The minimum absolute atomic E-state index is 0.593. The Kier molecular flexibility index (Phi) is 4.39. The summed E-state index contributed by atoms with van der Waals surface area (Å²) in [5.41, 5.74) is 5.06. The third-order valence-corrected chi connectivity index (χ3v) is 4.12. The molecule has 4 rings (SSSR count). The first-order valence-corrected chi connectivity index (χ1v) is 8.33. The van der Waals surface area contributed by atoms with E-state index in [9.17, 15) is 0 Å². The molecular formula is C22H17N3O. The molecular weight excluding hydrogens is 322 g/mol. The van der Waals surface area contributed by atoms with Crippen molar-refractivity contribution in [1.82, 2.24) is 15.0 Å². The highest BCUT2D eigenvalue weighted by molar-refractivity contribution is 5.71. The maximum absolute atomic E-state index is 5.22. The van der Waals surface area contributed by atoms with Crippen LogP contribution in [0.2, 0.25) is 0 Å². The van der Waals surface area contributed by atoms with Crippen LogP contribution in [-0.4, -0.2) is 22.1 Å². The summed E-state index contributed by atoms with van der Waals surface area (Å²) in [6, 6.07) is 24.1. The molecule has 0 radical (unpaired) electrons. The second kappa shape index (κ2) is 7.15. The quantitative estimate of drug-likeness (QED) is 0.531. The minimum Gasteiger partial charge on any atom is -0.481 e. The van der Waals surface area contributed by atoms with Gasteiger partial charge in [0, 0.05) is 29.6 Å². The highest BCUT2D eigenvalue weighted by atomic mass is 16.5. The lowest BCUT2D eigenvalue weighted by molar-refractivity contribution is 0.398. The number of aromatic nitrogens is 3. The van der Waals surface area contributed by atoms with Crippen LogP contribution in [-0.2, 0) is 0 Å². The maximum Gasteiger partial charge on any atom is 0.213 e. The van der Waals surface area contributed by atoms with Crippen LogP contribution in [0, 0.1) is 0 Å². The molecule has 0 bridgehead atoms. The van der Waals surface area contributed by atoms with Gasteiger partial charge in [-0.3, -0.25) is 0 Å². The smallest absolute Gasteiger partial charge is 0.213 e. The molecule has 0 unspecified atom stereocenters. The Hall–Kier alpha value is -3.53. The average Bonchev–Trinajstić information content (AvgIpc) is 2.74. The Morgan fingerprint density at radius 1 is 0.654 bits per heavy atom. The van der Waals surface area contributed by atoms with E-state index >= 15 is 0 Å². The Morgan fingerprint density at radius 2 is 1.38 bits per heavy atom. The third kappa shape index (κ3) is 3.30. The lowest BCUT2D eigenvalue weighted by Crippen LogP contribution is -1.92. The molecule has 0 fully saturated rings. The van der Waals surface area contributed by atoms with Gasteiger partial charge in [-0.05, 0) is 29.3 Å². The van der Waals surface area contributed by atoms with Crippen molar-refractivity contribution in [3.05, 3.63) is 85.2 Å². The lowest BCUT2D eigenvalue weighted by atomic mass is 10.0. The number of hydrogen-bond donors (Lipinski definition) is 0. The van der Waals surface area contributed by atoms with Gasteiger partial charge in [-0.25, -0.2) is 15.0 Å². The van der Waals surface area contributed by atoms with Crippen LogP contribution in [0.5, 0.6) is 5.88 Å². The lowest BCUT2D eigenvalue weighted by Gasteiger charge is -2.07. The molecule has 4 nitrogen and oxygen atoms in total. The highest BCUT2D eigenvalue weighted by Gasteiger charge is 2.07. The van der Waals surface area contributed by atoms with Gasteiger partial charge in [-0.1, -0.05) is 48.5 Å². The van der Waals surface area contributed by atoms with Crippen LogP contribution in [0.4, 0.5) is 0 Å². The molecule has 0 saturated carbocycles. The van der Waals surface area contributed by atoms with E-state index in [-0.39, 0.29) is 0 Å². The number of methoxy groups -OCH3 is 1. The minimum atomic E-state index is 0.593. The van der Waals surface area contributed by atoms with Gasteiger partial charge in [0.05, 0.1) is 12.8 Å². The molecule has 4 heteroatoms. The molecule has 0 N–H and O–H groups in total. The van der Waals surface area contributed by atoms with Crippen molar-refractivity contribution in [3.8, 4) is 39.7 Å². The zero-order chi connectivity index (χ0) is 17.8. The first-order valence-electron chi connectivity index (χ1n) is 8.33. The fourth-order valence-corrected chi connectivity index (χ4v) is 2.81. The van der Waals surface area contributed by atoms with E-state index in [1.54, 1.807) is 19.5 Å². The topological polar surface area (TPSA) is 47.9 Å². The number of ether oxygens (including phenoxy) is 1. The van der Waals surface area contributed by atoms with Crippen LogP contribution < -0.4 is 4.74 Å². The Morgan fingerprint density at radius 3 is 2.23 bits per heavy atom. The molecule has 0 aliphatic rings. The Labute approximate surface area is 152 Å². The molecule has 0 aliphatic carbocycles. The maximum atomic E-state index is 5.22. The van der Waals surface area contributed by atoms with Gasteiger partial charge in [-0.2, -0.15) is 0 Å². The van der Waals surface area contributed by atoms with Crippen molar-refractivity contribution in [2.45, 2.75) is 0 Å². The van der Waals surface area contributed by atoms with Crippen LogP contribution in [0.3, 0.4) is 0 Å². The number of hydrogen-bond acceptors (Lipinski definition) is 4. The monoisotopic (exact) mass is 339 g/mol. The SMILES string of the molecule is COc1cc(-c2cccc(-c3nccc(-c4ccccc4)n3)c2)ccn1. The van der Waals surface area contributed by atoms with Gasteiger partial charge in [-0.15, -0.1) is 0 Å². The molecule has 2 aromatic carbocycles. The molecule has 126 valence electrons. The predicted octanol–water partition coefficient (Wildman–Crippen LogP) is 4.88. The molecule has 26 heavy (non-hydrogen) atoms. The molecule has 0 saturated heterocycles. The average molecular weight is 339 g/mol. The summed E-state index contributed by atoms with van der Waals surface area (Å²) in [7, 11) is 1.62. The highest BCUT2D eigenvalue weighted by Crippen LogP contribution is 2.27. The first kappa shape index (κ1) is 16.0. The number of pyridine rings is 1. The first-order chi connectivity index (χ1) is 12.8. The third-order valence-electron chi connectivity index (χ3n) is 4.12. The van der Waals surface area contributed by atoms with E-state index in [1.807, 2.05) is 60.7 Å². The van der Waals surface area contributed by atoms with Crippen molar-refractivity contribution in [2.75, 3.05) is 7.11 Å². The van der Waals surface area contributed by atoms with Gasteiger partial charge in [0.15, 0.2) is 5.82 Å². The fraction of sp³-hybridized carbons (Fsp3) is 0.0455. The summed E-state index contributed by atoms with van der Waals surface area (Å²) in [4.78, 5) is 13.4. The molecule has 2 aromatic heterocycles. The van der Waals surface area contributed by atoms with Gasteiger partial charge in [0.2, 0.25) is 5.88 Å². The summed E-state index contributed by atoms with van der Waals surface area (Å²) in [5.74, 6) is 1.30. The number of nitrogens with zero attached hydrogens (tertiary/aromatic N) is 3. The van der Waals surface area contributed by atoms with Crippen molar-refractivity contribution < 1.29 is 4.74 Å². The molecule has 0 aliphatic heterocycles. The van der Waals surface area contributed by atoms with E-state index in [2.05, 4.69) is 22.1 Å². The summed E-state index contributed by atoms with van der Waals surface area (Å²) in [5, 5.41) is 0. The van der Waals surface area contributed by atoms with Gasteiger partial charge in [0.25, 0.3) is 0 Å². The van der Waals surface area contributed by atoms with Gasteiger partial charge >= 0.3 is 0 Å². The Balaban J connectivity index is 1.73. The second-order valence-corrected chi connectivity index (χ2v) is 5.80. The van der Waals surface area contributed by atoms with E-state index < -0.39 is 0 Å². The summed E-state index contributed by atoms with van der Waals surface area (Å²) < 4.78 is 5.22. The van der Waals surface area contributed by atoms with Crippen LogP contribution in [0.1, 0.15) is 0 Å². The number of rotatable bonds is 4. The summed E-state index contributed by atoms with van der Waals surface area (Å²) in [6.45, 7) is 0. The molecule has 0 spiro atoms. The van der Waals surface area contributed by atoms with E-state index in [0.717, 1.165) is 27.9 Å².